The normalized spacial score (nSPS) is 15.4. The van der Waals surface area contributed by atoms with Crippen LogP contribution in [0.3, 0.4) is 0 Å². The molecule has 1 fully saturated rings. The molecular weight excluding hydrogens is 666 g/mol. The standard InChI is InChI=1S/C34H38ClN9O6/c1-34(2,3)50-33(48)43-15-5-6-21(19-43)16-27(38-30(45)14-9-23-17-24(35)10-13-29(23)44-20-36-41-42-44)28-18-26(31(46)40-39-28)22-7-11-25(12-8-22)37-32(47)49-4/h7-14,17-18,20-21,27H,5-6,15-16,19H2,1-4H3,(H,37,47)(H,38,45)(H,40,46)/t21?,27-/m0/s1. The van der Waals surface area contributed by atoms with Crippen molar-refractivity contribution < 1.29 is 23.9 Å². The molecule has 15 nitrogen and oxygen atoms in total. The smallest absolute Gasteiger partial charge is 0.411 e. The van der Waals surface area contributed by atoms with Gasteiger partial charge >= 0.3 is 12.2 Å². The van der Waals surface area contributed by atoms with Crippen LogP contribution in [0.5, 0.6) is 0 Å². The number of hydrogen-bond acceptors (Lipinski definition) is 10. The van der Waals surface area contributed by atoms with Gasteiger partial charge in [0, 0.05) is 35.4 Å². The summed E-state index contributed by atoms with van der Waals surface area (Å²) in [6.45, 7) is 6.46. The second-order valence-electron chi connectivity index (χ2n) is 12.8. The molecule has 1 unspecified atom stereocenters. The lowest BCUT2D eigenvalue weighted by atomic mass is 9.89. The Bertz CT molecular complexity index is 1910. The monoisotopic (exact) mass is 703 g/mol. The lowest BCUT2D eigenvalue weighted by molar-refractivity contribution is -0.117. The van der Waals surface area contributed by atoms with Gasteiger partial charge < -0.3 is 19.7 Å². The molecule has 16 heteroatoms. The Balaban J connectivity index is 1.42. The first-order chi connectivity index (χ1) is 23.9. The summed E-state index contributed by atoms with van der Waals surface area (Å²) in [6, 6.07) is 12.8. The fraction of sp³-hybridized carbons (Fsp3) is 0.353. The van der Waals surface area contributed by atoms with Crippen molar-refractivity contribution in [1.29, 1.82) is 0 Å². The minimum atomic E-state index is -0.648. The Morgan fingerprint density at radius 2 is 1.92 bits per heavy atom. The molecule has 1 saturated heterocycles. The number of nitrogens with one attached hydrogen (secondary N) is 3. The van der Waals surface area contributed by atoms with Gasteiger partial charge in [0.1, 0.15) is 11.9 Å². The molecule has 1 aliphatic rings. The van der Waals surface area contributed by atoms with E-state index in [1.54, 1.807) is 59.5 Å². The topological polar surface area (TPSA) is 186 Å². The molecule has 262 valence electrons. The summed E-state index contributed by atoms with van der Waals surface area (Å²) in [7, 11) is 1.26. The predicted octanol–water partition coefficient (Wildman–Crippen LogP) is 5.15. The number of tetrazole rings is 1. The molecule has 5 rings (SSSR count). The lowest BCUT2D eigenvalue weighted by Gasteiger charge is -2.35. The average Bonchev–Trinajstić information content (AvgIpc) is 3.62. The minimum Gasteiger partial charge on any atom is -0.453 e. The Morgan fingerprint density at radius 1 is 1.14 bits per heavy atom. The maximum Gasteiger partial charge on any atom is 0.411 e. The van der Waals surface area contributed by atoms with Crippen LogP contribution in [0.1, 0.15) is 57.3 Å². The van der Waals surface area contributed by atoms with Crippen LogP contribution in [-0.4, -0.2) is 79.2 Å². The second kappa shape index (κ2) is 15.8. The number of hydrogen-bond donors (Lipinski definition) is 3. The minimum absolute atomic E-state index is 0.00856. The Hall–Kier alpha value is -5.57. The Morgan fingerprint density at radius 3 is 2.62 bits per heavy atom. The van der Waals surface area contributed by atoms with E-state index in [1.807, 2.05) is 20.8 Å². The largest absolute Gasteiger partial charge is 0.453 e. The van der Waals surface area contributed by atoms with Gasteiger partial charge in [0.15, 0.2) is 0 Å². The van der Waals surface area contributed by atoms with Crippen LogP contribution in [0.4, 0.5) is 15.3 Å². The number of H-pyrrole nitrogens is 1. The van der Waals surface area contributed by atoms with E-state index in [9.17, 15) is 19.2 Å². The maximum absolute atomic E-state index is 13.5. The highest BCUT2D eigenvalue weighted by Gasteiger charge is 2.30. The van der Waals surface area contributed by atoms with Gasteiger partial charge in [-0.2, -0.15) is 9.78 Å². The quantitative estimate of drug-likeness (QED) is 0.197. The van der Waals surface area contributed by atoms with Crippen LogP contribution in [-0.2, 0) is 14.3 Å². The number of likely N-dealkylation sites (tertiary alicyclic amines) is 1. The summed E-state index contributed by atoms with van der Waals surface area (Å²) in [5.74, 6) is -0.434. The van der Waals surface area contributed by atoms with E-state index in [4.69, 9.17) is 16.3 Å². The molecule has 0 spiro atoms. The molecule has 0 aliphatic carbocycles. The number of ether oxygens (including phenoxy) is 2. The van der Waals surface area contributed by atoms with E-state index in [0.717, 1.165) is 12.8 Å². The highest BCUT2D eigenvalue weighted by atomic mass is 35.5. The van der Waals surface area contributed by atoms with E-state index in [-0.39, 0.29) is 12.0 Å². The first-order valence-electron chi connectivity index (χ1n) is 15.9. The molecule has 2 aromatic heterocycles. The lowest BCUT2D eigenvalue weighted by Crippen LogP contribution is -2.43. The third kappa shape index (κ3) is 9.53. The van der Waals surface area contributed by atoms with Gasteiger partial charge in [0.2, 0.25) is 5.91 Å². The van der Waals surface area contributed by atoms with Crippen molar-refractivity contribution in [2.24, 2.45) is 5.92 Å². The fourth-order valence-electron chi connectivity index (χ4n) is 5.58. The van der Waals surface area contributed by atoms with E-state index >= 15 is 0 Å². The van der Waals surface area contributed by atoms with E-state index < -0.39 is 29.2 Å². The summed E-state index contributed by atoms with van der Waals surface area (Å²) < 4.78 is 11.7. The Kier molecular flexibility index (Phi) is 11.3. The summed E-state index contributed by atoms with van der Waals surface area (Å²) in [5, 5.41) is 24.3. The van der Waals surface area contributed by atoms with Crippen LogP contribution < -0.4 is 16.2 Å². The van der Waals surface area contributed by atoms with Crippen molar-refractivity contribution in [3.05, 3.63) is 87.6 Å². The van der Waals surface area contributed by atoms with Gasteiger partial charge in [-0.3, -0.25) is 14.9 Å². The van der Waals surface area contributed by atoms with Crippen LogP contribution in [0.25, 0.3) is 22.9 Å². The molecule has 1 aliphatic heterocycles. The molecule has 0 saturated carbocycles. The van der Waals surface area contributed by atoms with Gasteiger partial charge in [-0.15, -0.1) is 5.10 Å². The predicted molar refractivity (Wildman–Crippen MR) is 186 cm³/mol. The van der Waals surface area contributed by atoms with Gasteiger partial charge in [-0.05, 0) is 104 Å². The van der Waals surface area contributed by atoms with E-state index in [0.29, 0.717) is 58.3 Å². The number of piperidine rings is 1. The van der Waals surface area contributed by atoms with Gasteiger partial charge in [0.05, 0.1) is 30.1 Å². The van der Waals surface area contributed by atoms with Crippen molar-refractivity contribution in [2.75, 3.05) is 25.5 Å². The van der Waals surface area contributed by atoms with Crippen molar-refractivity contribution in [3.8, 4) is 16.8 Å². The number of rotatable bonds is 9. The molecule has 2 aromatic carbocycles. The van der Waals surface area contributed by atoms with Crippen molar-refractivity contribution in [2.45, 2.75) is 51.7 Å². The zero-order chi connectivity index (χ0) is 35.8. The maximum atomic E-state index is 13.5. The van der Waals surface area contributed by atoms with Crippen LogP contribution in [0.15, 0.2) is 65.7 Å². The number of halogens is 1. The highest BCUT2D eigenvalue weighted by molar-refractivity contribution is 6.30. The van der Waals surface area contributed by atoms with Gasteiger partial charge in [-0.25, -0.2) is 14.7 Å². The first kappa shape index (κ1) is 35.7. The van der Waals surface area contributed by atoms with E-state index in [1.165, 1.54) is 24.2 Å². The van der Waals surface area contributed by atoms with Crippen LogP contribution in [0, 0.1) is 5.92 Å². The summed E-state index contributed by atoms with van der Waals surface area (Å²) >= 11 is 6.26. The molecule has 3 amide bonds. The number of nitrogens with zero attached hydrogens (tertiary/aromatic N) is 6. The summed E-state index contributed by atoms with van der Waals surface area (Å²) in [4.78, 5) is 52.7. The molecule has 3 N–H and O–H groups in total. The van der Waals surface area contributed by atoms with Crippen molar-refractivity contribution in [3.63, 3.8) is 0 Å². The third-order valence-corrected chi connectivity index (χ3v) is 8.10. The van der Waals surface area contributed by atoms with Gasteiger partial charge in [-0.1, -0.05) is 23.7 Å². The van der Waals surface area contributed by atoms with Crippen molar-refractivity contribution >= 4 is 41.5 Å². The fourth-order valence-corrected chi connectivity index (χ4v) is 5.76. The molecular formula is C34H38ClN9O6. The number of benzene rings is 2. The molecule has 50 heavy (non-hydrogen) atoms. The first-order valence-corrected chi connectivity index (χ1v) is 16.3. The number of amides is 3. The molecule has 2 atom stereocenters. The number of aromatic nitrogens is 6. The SMILES string of the molecule is COC(=O)Nc1ccc(-c2cc([C@H](CC3CCCN(C(=O)OC(C)(C)C)C3)NC(=O)C=Cc3cc(Cl)ccc3-n3cnnn3)n[nH]c2=O)cc1. The third-order valence-electron chi connectivity index (χ3n) is 7.86. The summed E-state index contributed by atoms with van der Waals surface area (Å²) in [6.07, 6.45) is 5.40. The number of anilines is 1. The number of carbonyl (C=O) groups excluding carboxylic acids is 3. The molecule has 4 aromatic rings. The molecule has 3 heterocycles. The number of aromatic amines is 1. The summed E-state index contributed by atoms with van der Waals surface area (Å²) in [5.41, 5.74) is 1.94. The number of methoxy groups -OCH3 is 1. The molecule has 0 radical (unpaired) electrons. The van der Waals surface area contributed by atoms with Crippen LogP contribution in [0.2, 0.25) is 5.02 Å². The van der Waals surface area contributed by atoms with E-state index in [2.05, 4.69) is 41.1 Å². The van der Waals surface area contributed by atoms with Crippen LogP contribution >= 0.6 is 11.6 Å². The van der Waals surface area contributed by atoms with Crippen molar-refractivity contribution in [1.82, 2.24) is 40.6 Å². The average molecular weight is 704 g/mol. The molecule has 0 bridgehead atoms. The Labute approximate surface area is 293 Å². The van der Waals surface area contributed by atoms with Gasteiger partial charge in [0.25, 0.3) is 5.56 Å². The zero-order valence-electron chi connectivity index (χ0n) is 28.1. The number of carbonyl (C=O) groups is 3. The highest BCUT2D eigenvalue weighted by Crippen LogP contribution is 2.29. The second-order valence-corrected chi connectivity index (χ2v) is 13.2. The zero-order valence-corrected chi connectivity index (χ0v) is 28.8.